The molecular weight excluding hydrogens is 320 g/mol. The lowest BCUT2D eigenvalue weighted by atomic mass is 10.1. The molecule has 2 aromatic rings. The van der Waals surface area contributed by atoms with Crippen molar-refractivity contribution in [3.8, 4) is 17.2 Å². The van der Waals surface area contributed by atoms with Crippen LogP contribution in [-0.4, -0.2) is 31.4 Å². The zero-order chi connectivity index (χ0) is 18.2. The molecular formula is C20H22O5. The lowest BCUT2D eigenvalue weighted by molar-refractivity contribution is -0.131. The fraction of sp³-hybridized carbons (Fsp3) is 0.250. The van der Waals surface area contributed by atoms with Crippen molar-refractivity contribution in [2.45, 2.75) is 13.8 Å². The van der Waals surface area contributed by atoms with Gasteiger partial charge in [-0.25, -0.2) is 4.79 Å². The Morgan fingerprint density at radius 1 is 1.04 bits per heavy atom. The van der Waals surface area contributed by atoms with Crippen LogP contribution in [-0.2, 0) is 4.79 Å². The molecule has 0 unspecified atom stereocenters. The van der Waals surface area contributed by atoms with Gasteiger partial charge in [-0.1, -0.05) is 24.3 Å². The summed E-state index contributed by atoms with van der Waals surface area (Å²) in [6.45, 7) is 4.75. The number of para-hydroxylation sites is 1. The van der Waals surface area contributed by atoms with Gasteiger partial charge in [-0.15, -0.1) is 0 Å². The van der Waals surface area contributed by atoms with E-state index in [0.717, 1.165) is 23.0 Å². The van der Waals surface area contributed by atoms with Gasteiger partial charge in [0, 0.05) is 6.08 Å². The summed E-state index contributed by atoms with van der Waals surface area (Å²) in [5, 5.41) is 8.71. The second-order valence-electron chi connectivity index (χ2n) is 5.50. The minimum atomic E-state index is -1.000. The van der Waals surface area contributed by atoms with Crippen molar-refractivity contribution >= 4 is 12.0 Å². The van der Waals surface area contributed by atoms with Crippen LogP contribution in [0, 0.1) is 13.8 Å². The van der Waals surface area contributed by atoms with E-state index in [4.69, 9.17) is 19.3 Å². The molecule has 2 rings (SSSR count). The molecule has 0 radical (unpaired) electrons. The van der Waals surface area contributed by atoms with E-state index in [2.05, 4.69) is 0 Å². The van der Waals surface area contributed by atoms with Gasteiger partial charge in [-0.3, -0.25) is 0 Å². The Kier molecular flexibility index (Phi) is 6.46. The lowest BCUT2D eigenvalue weighted by Crippen LogP contribution is -2.10. The van der Waals surface area contributed by atoms with Gasteiger partial charge in [-0.05, 0) is 48.7 Å². The number of carboxylic acids is 1. The maximum Gasteiger partial charge on any atom is 0.328 e. The standard InChI is InChI=1S/C20H22O5/c1-14-5-4-6-15(2)20(14)25-12-11-24-18-13-16(8-10-19(21)22)7-9-17(18)23-3/h4-10,13H,11-12H2,1-3H3,(H,21,22). The van der Waals surface area contributed by atoms with Crippen LogP contribution in [0.15, 0.2) is 42.5 Å². The molecule has 0 fully saturated rings. The first-order valence-electron chi connectivity index (χ1n) is 7.92. The molecule has 0 amide bonds. The third kappa shape index (κ3) is 5.28. The highest BCUT2D eigenvalue weighted by atomic mass is 16.5. The van der Waals surface area contributed by atoms with Crippen molar-refractivity contribution < 1.29 is 24.1 Å². The van der Waals surface area contributed by atoms with E-state index < -0.39 is 5.97 Å². The Labute approximate surface area is 147 Å². The van der Waals surface area contributed by atoms with Crippen LogP contribution in [0.3, 0.4) is 0 Å². The van der Waals surface area contributed by atoms with E-state index >= 15 is 0 Å². The Morgan fingerprint density at radius 3 is 2.36 bits per heavy atom. The van der Waals surface area contributed by atoms with Gasteiger partial charge in [-0.2, -0.15) is 0 Å². The fourth-order valence-electron chi connectivity index (χ4n) is 2.40. The smallest absolute Gasteiger partial charge is 0.328 e. The summed E-state index contributed by atoms with van der Waals surface area (Å²) >= 11 is 0. The van der Waals surface area contributed by atoms with Crippen LogP contribution in [0.2, 0.25) is 0 Å². The molecule has 1 N–H and O–H groups in total. The maximum atomic E-state index is 10.6. The molecule has 0 spiro atoms. The molecule has 25 heavy (non-hydrogen) atoms. The molecule has 0 heterocycles. The zero-order valence-corrected chi connectivity index (χ0v) is 14.6. The van der Waals surface area contributed by atoms with Gasteiger partial charge >= 0.3 is 5.97 Å². The lowest BCUT2D eigenvalue weighted by Gasteiger charge is -2.14. The summed E-state index contributed by atoms with van der Waals surface area (Å²) in [7, 11) is 1.56. The van der Waals surface area contributed by atoms with Crippen LogP contribution in [0.1, 0.15) is 16.7 Å². The molecule has 0 bridgehead atoms. The highest BCUT2D eigenvalue weighted by molar-refractivity contribution is 5.85. The molecule has 0 saturated carbocycles. The summed E-state index contributed by atoms with van der Waals surface area (Å²) in [4.78, 5) is 10.6. The summed E-state index contributed by atoms with van der Waals surface area (Å²) in [6.07, 6.45) is 2.58. The Bertz CT molecular complexity index is 744. The quantitative estimate of drug-likeness (QED) is 0.583. The molecule has 5 heteroatoms. The van der Waals surface area contributed by atoms with Crippen LogP contribution in [0.5, 0.6) is 17.2 Å². The van der Waals surface area contributed by atoms with Crippen LogP contribution >= 0.6 is 0 Å². The molecule has 5 nitrogen and oxygen atoms in total. The van der Waals surface area contributed by atoms with E-state index in [1.165, 1.54) is 6.08 Å². The average Bonchev–Trinajstić information content (AvgIpc) is 2.59. The molecule has 0 aliphatic carbocycles. The molecule has 0 aromatic heterocycles. The molecule has 132 valence electrons. The average molecular weight is 342 g/mol. The number of methoxy groups -OCH3 is 1. The van der Waals surface area contributed by atoms with Gasteiger partial charge in [0.2, 0.25) is 0 Å². The summed E-state index contributed by atoms with van der Waals surface area (Å²) in [5.74, 6) is 0.996. The molecule has 0 saturated heterocycles. The van der Waals surface area contributed by atoms with Crippen molar-refractivity contribution in [3.63, 3.8) is 0 Å². The van der Waals surface area contributed by atoms with Crippen molar-refractivity contribution in [2.24, 2.45) is 0 Å². The summed E-state index contributed by atoms with van der Waals surface area (Å²) in [6, 6.07) is 11.2. The topological polar surface area (TPSA) is 65.0 Å². The van der Waals surface area contributed by atoms with E-state index in [1.807, 2.05) is 32.0 Å². The normalized spacial score (nSPS) is 10.7. The number of ether oxygens (including phenoxy) is 3. The number of carbonyl (C=O) groups is 1. The minimum absolute atomic E-state index is 0.343. The molecule has 0 atom stereocenters. The van der Waals surface area contributed by atoms with Gasteiger partial charge < -0.3 is 19.3 Å². The van der Waals surface area contributed by atoms with Crippen molar-refractivity contribution in [3.05, 3.63) is 59.2 Å². The third-order valence-electron chi connectivity index (χ3n) is 3.60. The summed E-state index contributed by atoms with van der Waals surface area (Å²) in [5.41, 5.74) is 2.88. The largest absolute Gasteiger partial charge is 0.493 e. The number of carboxylic acid groups (broad SMARTS) is 1. The number of hydrogen-bond acceptors (Lipinski definition) is 4. The van der Waals surface area contributed by atoms with Crippen LogP contribution in [0.25, 0.3) is 6.08 Å². The van der Waals surface area contributed by atoms with E-state index in [9.17, 15) is 4.79 Å². The fourth-order valence-corrected chi connectivity index (χ4v) is 2.40. The first-order chi connectivity index (χ1) is 12.0. The number of hydrogen-bond donors (Lipinski definition) is 1. The van der Waals surface area contributed by atoms with Crippen LogP contribution < -0.4 is 14.2 Å². The van der Waals surface area contributed by atoms with Gasteiger partial charge in [0.15, 0.2) is 11.5 Å². The zero-order valence-electron chi connectivity index (χ0n) is 14.6. The highest BCUT2D eigenvalue weighted by Crippen LogP contribution is 2.29. The van der Waals surface area contributed by atoms with E-state index in [1.54, 1.807) is 25.3 Å². The Morgan fingerprint density at radius 2 is 1.72 bits per heavy atom. The van der Waals surface area contributed by atoms with Crippen molar-refractivity contribution in [1.29, 1.82) is 0 Å². The Hall–Kier alpha value is -2.95. The van der Waals surface area contributed by atoms with Crippen molar-refractivity contribution in [1.82, 2.24) is 0 Å². The predicted octanol–water partition coefficient (Wildman–Crippen LogP) is 3.87. The third-order valence-corrected chi connectivity index (χ3v) is 3.60. The van der Waals surface area contributed by atoms with Gasteiger partial charge in [0.25, 0.3) is 0 Å². The number of benzene rings is 2. The number of rotatable bonds is 8. The second kappa shape index (κ2) is 8.78. The maximum absolute atomic E-state index is 10.6. The SMILES string of the molecule is COc1ccc(C=CC(=O)O)cc1OCCOc1c(C)cccc1C. The minimum Gasteiger partial charge on any atom is -0.493 e. The van der Waals surface area contributed by atoms with E-state index in [-0.39, 0.29) is 0 Å². The first-order valence-corrected chi connectivity index (χ1v) is 7.92. The second-order valence-corrected chi connectivity index (χ2v) is 5.50. The molecule has 0 aliphatic rings. The predicted molar refractivity (Wildman–Crippen MR) is 96.6 cm³/mol. The number of aliphatic carboxylic acids is 1. The van der Waals surface area contributed by atoms with Crippen LogP contribution in [0.4, 0.5) is 0 Å². The monoisotopic (exact) mass is 342 g/mol. The van der Waals surface area contributed by atoms with Crippen molar-refractivity contribution in [2.75, 3.05) is 20.3 Å². The Balaban J connectivity index is 1.99. The molecule has 2 aromatic carbocycles. The highest BCUT2D eigenvalue weighted by Gasteiger charge is 2.07. The van der Waals surface area contributed by atoms with Gasteiger partial charge in [0.1, 0.15) is 19.0 Å². The van der Waals surface area contributed by atoms with Gasteiger partial charge in [0.05, 0.1) is 7.11 Å². The molecule has 0 aliphatic heterocycles. The van der Waals surface area contributed by atoms with E-state index in [0.29, 0.717) is 30.3 Å². The first kappa shape index (κ1) is 18.4. The number of aryl methyl sites for hydroxylation is 2. The summed E-state index contributed by atoms with van der Waals surface area (Å²) < 4.78 is 16.8.